The molecule has 41 heavy (non-hydrogen) atoms. The van der Waals surface area contributed by atoms with Crippen molar-refractivity contribution in [2.24, 2.45) is 5.92 Å². The number of morpholine rings is 1. The number of methoxy groups -OCH3 is 1. The van der Waals surface area contributed by atoms with E-state index in [4.69, 9.17) is 44.8 Å². The minimum atomic E-state index is 0.0956. The van der Waals surface area contributed by atoms with E-state index in [0.29, 0.717) is 70.8 Å². The average molecular weight is 587 g/mol. The van der Waals surface area contributed by atoms with E-state index in [9.17, 15) is 0 Å². The van der Waals surface area contributed by atoms with Crippen LogP contribution < -0.4 is 24.3 Å². The smallest absolute Gasteiger partial charge is 0.231 e. The lowest BCUT2D eigenvalue weighted by Gasteiger charge is -2.26. The Labute approximate surface area is 243 Å². The molecule has 0 aliphatic carbocycles. The van der Waals surface area contributed by atoms with Gasteiger partial charge in [-0.2, -0.15) is 0 Å². The number of hydrogen-bond acceptors (Lipinski definition) is 11. The molecule has 6 rings (SSSR count). The molecule has 4 heterocycles. The summed E-state index contributed by atoms with van der Waals surface area (Å²) < 4.78 is 40.2. The predicted octanol–water partition coefficient (Wildman–Crippen LogP) is 4.42. The lowest BCUT2D eigenvalue weighted by atomic mass is 10.1. The summed E-state index contributed by atoms with van der Waals surface area (Å²) in [5.41, 5.74) is 2.10. The Morgan fingerprint density at radius 3 is 2.76 bits per heavy atom. The van der Waals surface area contributed by atoms with Crippen LogP contribution in [0.2, 0.25) is 5.02 Å². The molecule has 1 N–H and O–H groups in total. The van der Waals surface area contributed by atoms with Crippen LogP contribution in [0.4, 0.5) is 11.5 Å². The average Bonchev–Trinajstić information content (AvgIpc) is 3.70. The lowest BCUT2D eigenvalue weighted by molar-refractivity contribution is 0.0357. The van der Waals surface area contributed by atoms with E-state index in [1.807, 2.05) is 18.2 Å². The Morgan fingerprint density at radius 1 is 1.05 bits per heavy atom. The van der Waals surface area contributed by atoms with Crippen molar-refractivity contribution in [1.82, 2.24) is 14.9 Å². The second-order valence-electron chi connectivity index (χ2n) is 10.2. The van der Waals surface area contributed by atoms with Crippen molar-refractivity contribution < 1.29 is 33.2 Å². The van der Waals surface area contributed by atoms with E-state index >= 15 is 0 Å². The van der Waals surface area contributed by atoms with Crippen LogP contribution in [-0.4, -0.2) is 88.0 Å². The number of rotatable bonds is 12. The highest BCUT2D eigenvalue weighted by molar-refractivity contribution is 6.34. The molecule has 0 spiro atoms. The Morgan fingerprint density at radius 2 is 1.93 bits per heavy atom. The van der Waals surface area contributed by atoms with Crippen LogP contribution >= 0.6 is 11.6 Å². The normalized spacial score (nSPS) is 18.6. The molecule has 1 aromatic heterocycles. The van der Waals surface area contributed by atoms with Crippen molar-refractivity contribution in [3.8, 4) is 23.0 Å². The first kappa shape index (κ1) is 28.0. The number of benzene rings is 2. The van der Waals surface area contributed by atoms with Gasteiger partial charge >= 0.3 is 0 Å². The zero-order chi connectivity index (χ0) is 28.0. The topological polar surface area (TPSA) is 106 Å². The standard InChI is InChI=1S/C29H35ClN4O7/c1-35-24-12-21-23(13-25(24)39-7-2-4-34-5-9-36-10-6-34)31-17-32-29(21)33-26-22(30)11-20(27-28(26)41-18-40-27)16-38-15-19-3-8-37-14-19/h11-13,17,19H,2-10,14-16,18H2,1H3,(H,31,32,33). The molecule has 3 aliphatic rings. The second-order valence-corrected chi connectivity index (χ2v) is 10.6. The lowest BCUT2D eigenvalue weighted by Crippen LogP contribution is -2.37. The molecule has 3 aliphatic heterocycles. The highest BCUT2D eigenvalue weighted by Crippen LogP contribution is 2.48. The maximum Gasteiger partial charge on any atom is 0.231 e. The van der Waals surface area contributed by atoms with Crippen molar-refractivity contribution in [3.05, 3.63) is 35.1 Å². The minimum Gasteiger partial charge on any atom is -0.493 e. The fraction of sp³-hybridized carbons (Fsp3) is 0.517. The number of nitrogens with one attached hydrogen (secondary N) is 1. The summed E-state index contributed by atoms with van der Waals surface area (Å²) in [6.07, 6.45) is 3.42. The van der Waals surface area contributed by atoms with Crippen LogP contribution in [0.25, 0.3) is 10.9 Å². The van der Waals surface area contributed by atoms with Gasteiger partial charge in [0.1, 0.15) is 17.8 Å². The molecule has 0 amide bonds. The Bertz CT molecular complexity index is 1350. The number of anilines is 2. The van der Waals surface area contributed by atoms with Gasteiger partial charge < -0.3 is 38.5 Å². The third-order valence-electron chi connectivity index (χ3n) is 7.45. The first-order valence-corrected chi connectivity index (χ1v) is 14.4. The van der Waals surface area contributed by atoms with Crippen LogP contribution in [-0.2, 0) is 20.8 Å². The number of hydrogen-bond donors (Lipinski definition) is 1. The molecule has 2 aromatic carbocycles. The van der Waals surface area contributed by atoms with E-state index in [-0.39, 0.29) is 6.79 Å². The van der Waals surface area contributed by atoms with Crippen LogP contribution in [0, 0.1) is 5.92 Å². The van der Waals surface area contributed by atoms with Crippen LogP contribution in [0.1, 0.15) is 18.4 Å². The van der Waals surface area contributed by atoms with Crippen molar-refractivity contribution in [2.45, 2.75) is 19.4 Å². The molecule has 11 nitrogen and oxygen atoms in total. The third-order valence-corrected chi connectivity index (χ3v) is 7.75. The van der Waals surface area contributed by atoms with E-state index in [1.54, 1.807) is 7.11 Å². The van der Waals surface area contributed by atoms with Crippen LogP contribution in [0.15, 0.2) is 24.5 Å². The SMILES string of the molecule is COc1cc2c(Nc3c(Cl)cc(COCC4CCOC4)c4c3OCO4)ncnc2cc1OCCCN1CCOCC1. The quantitative estimate of drug-likeness (QED) is 0.305. The van der Waals surface area contributed by atoms with Gasteiger partial charge in [-0.25, -0.2) is 9.97 Å². The summed E-state index contributed by atoms with van der Waals surface area (Å²) in [7, 11) is 1.62. The Kier molecular flexibility index (Phi) is 9.07. The predicted molar refractivity (Wildman–Crippen MR) is 153 cm³/mol. The fourth-order valence-corrected chi connectivity index (χ4v) is 5.49. The Hall–Kier alpha value is -3.09. The first-order chi connectivity index (χ1) is 20.2. The summed E-state index contributed by atoms with van der Waals surface area (Å²) in [4.78, 5) is 11.4. The molecule has 2 saturated heterocycles. The number of halogens is 1. The molecule has 0 radical (unpaired) electrons. The summed E-state index contributed by atoms with van der Waals surface area (Å²) in [6.45, 7) is 7.65. The fourth-order valence-electron chi connectivity index (χ4n) is 5.23. The monoisotopic (exact) mass is 586 g/mol. The third kappa shape index (κ3) is 6.54. The largest absolute Gasteiger partial charge is 0.493 e. The first-order valence-electron chi connectivity index (χ1n) is 14.0. The molecular weight excluding hydrogens is 552 g/mol. The van der Waals surface area contributed by atoms with Crippen molar-refractivity contribution in [2.75, 3.05) is 78.5 Å². The van der Waals surface area contributed by atoms with Gasteiger partial charge in [-0.15, -0.1) is 0 Å². The number of fused-ring (bicyclic) bond motifs is 2. The van der Waals surface area contributed by atoms with Crippen LogP contribution in [0.5, 0.6) is 23.0 Å². The highest BCUT2D eigenvalue weighted by atomic mass is 35.5. The molecule has 1 unspecified atom stereocenters. The van der Waals surface area contributed by atoms with Gasteiger partial charge in [-0.1, -0.05) is 11.6 Å². The zero-order valence-corrected chi connectivity index (χ0v) is 23.9. The summed E-state index contributed by atoms with van der Waals surface area (Å²) in [5, 5.41) is 4.56. The highest BCUT2D eigenvalue weighted by Gasteiger charge is 2.26. The van der Waals surface area contributed by atoms with Crippen molar-refractivity contribution in [3.63, 3.8) is 0 Å². The Balaban J connectivity index is 1.17. The number of ether oxygens (including phenoxy) is 7. The molecular formula is C29H35ClN4O7. The molecule has 12 heteroatoms. The van der Waals surface area contributed by atoms with Gasteiger partial charge in [-0.3, -0.25) is 4.90 Å². The molecule has 220 valence electrons. The summed E-state index contributed by atoms with van der Waals surface area (Å²) in [6, 6.07) is 5.59. The van der Waals surface area contributed by atoms with E-state index in [2.05, 4.69) is 20.2 Å². The summed E-state index contributed by atoms with van der Waals surface area (Å²) >= 11 is 6.76. The van der Waals surface area contributed by atoms with Crippen LogP contribution in [0.3, 0.4) is 0 Å². The number of aromatic nitrogens is 2. The molecule has 3 aromatic rings. The molecule has 2 fully saturated rings. The van der Waals surface area contributed by atoms with Crippen molar-refractivity contribution in [1.29, 1.82) is 0 Å². The maximum absolute atomic E-state index is 6.76. The van der Waals surface area contributed by atoms with Crippen molar-refractivity contribution >= 4 is 34.0 Å². The molecule has 0 saturated carbocycles. The number of nitrogens with zero attached hydrogens (tertiary/aromatic N) is 3. The second kappa shape index (κ2) is 13.3. The van der Waals surface area contributed by atoms with Gasteiger partial charge in [0.05, 0.1) is 57.3 Å². The zero-order valence-electron chi connectivity index (χ0n) is 23.2. The van der Waals surface area contributed by atoms with E-state index in [1.165, 1.54) is 6.33 Å². The maximum atomic E-state index is 6.76. The minimum absolute atomic E-state index is 0.0956. The molecule has 0 bridgehead atoms. The van der Waals surface area contributed by atoms with E-state index < -0.39 is 0 Å². The van der Waals surface area contributed by atoms with Gasteiger partial charge in [0.25, 0.3) is 0 Å². The van der Waals surface area contributed by atoms with E-state index in [0.717, 1.165) is 69.9 Å². The van der Waals surface area contributed by atoms with Gasteiger partial charge in [0.15, 0.2) is 23.0 Å². The van der Waals surface area contributed by atoms with Gasteiger partial charge in [0, 0.05) is 49.2 Å². The van der Waals surface area contributed by atoms with Gasteiger partial charge in [0.2, 0.25) is 6.79 Å². The summed E-state index contributed by atoms with van der Waals surface area (Å²) in [5.74, 6) is 3.34. The molecule has 1 atom stereocenters. The van der Waals surface area contributed by atoms with Gasteiger partial charge in [-0.05, 0) is 25.0 Å².